The summed E-state index contributed by atoms with van der Waals surface area (Å²) in [6.07, 6.45) is 0.887. The van der Waals surface area contributed by atoms with Crippen molar-refractivity contribution in [3.63, 3.8) is 0 Å². The van der Waals surface area contributed by atoms with Crippen molar-refractivity contribution < 1.29 is 9.59 Å². The minimum Gasteiger partial charge on any atom is -0.326 e. The van der Waals surface area contributed by atoms with E-state index in [1.807, 2.05) is 42.5 Å². The maximum atomic E-state index is 12.6. The molecule has 1 fully saturated rings. The van der Waals surface area contributed by atoms with Crippen LogP contribution in [0.1, 0.15) is 18.4 Å². The third-order valence-electron chi connectivity index (χ3n) is 4.06. The third kappa shape index (κ3) is 3.62. The Morgan fingerprint density at radius 2 is 1.92 bits per heavy atom. The maximum absolute atomic E-state index is 12.6. The molecular weight excluding hydrogens is 392 g/mol. The molecule has 0 bridgehead atoms. The van der Waals surface area contributed by atoms with Crippen LogP contribution in [0.15, 0.2) is 53.0 Å². The molecule has 6 heteroatoms. The van der Waals surface area contributed by atoms with Gasteiger partial charge in [0, 0.05) is 22.5 Å². The van der Waals surface area contributed by atoms with E-state index in [0.29, 0.717) is 30.1 Å². The van der Waals surface area contributed by atoms with Crippen LogP contribution in [0.2, 0.25) is 5.02 Å². The summed E-state index contributed by atoms with van der Waals surface area (Å²) >= 11 is 9.59. The average molecular weight is 408 g/mol. The Morgan fingerprint density at radius 3 is 2.67 bits per heavy atom. The van der Waals surface area contributed by atoms with Gasteiger partial charge in [0.05, 0.1) is 5.69 Å². The molecule has 1 N–H and O–H groups in total. The average Bonchev–Trinajstić information content (AvgIpc) is 2.93. The quantitative estimate of drug-likeness (QED) is 0.824. The van der Waals surface area contributed by atoms with Crippen molar-refractivity contribution >= 4 is 45.0 Å². The van der Waals surface area contributed by atoms with Crippen LogP contribution in [-0.2, 0) is 16.1 Å². The second-order valence-corrected chi connectivity index (χ2v) is 6.90. The third-order valence-corrected chi connectivity index (χ3v) is 5.12. The molecule has 0 unspecified atom stereocenters. The van der Waals surface area contributed by atoms with Crippen molar-refractivity contribution in [2.45, 2.75) is 25.4 Å². The Morgan fingerprint density at radius 1 is 1.21 bits per heavy atom. The second kappa shape index (κ2) is 7.36. The number of hydrogen-bond acceptors (Lipinski definition) is 2. The van der Waals surface area contributed by atoms with Crippen molar-refractivity contribution in [1.82, 2.24) is 4.90 Å². The summed E-state index contributed by atoms with van der Waals surface area (Å²) in [5.41, 5.74) is 1.53. The highest BCUT2D eigenvalue weighted by Gasteiger charge is 2.36. The van der Waals surface area contributed by atoms with E-state index in [9.17, 15) is 9.59 Å². The number of carbonyl (C=O) groups is 2. The van der Waals surface area contributed by atoms with E-state index >= 15 is 0 Å². The van der Waals surface area contributed by atoms with E-state index in [1.165, 1.54) is 0 Å². The van der Waals surface area contributed by atoms with Gasteiger partial charge >= 0.3 is 0 Å². The van der Waals surface area contributed by atoms with Crippen molar-refractivity contribution in [2.75, 3.05) is 5.32 Å². The van der Waals surface area contributed by atoms with E-state index < -0.39 is 6.04 Å². The largest absolute Gasteiger partial charge is 0.326 e. The van der Waals surface area contributed by atoms with Gasteiger partial charge in [0.1, 0.15) is 6.04 Å². The first-order valence-corrected chi connectivity index (χ1v) is 8.81. The molecule has 0 aliphatic carbocycles. The summed E-state index contributed by atoms with van der Waals surface area (Å²) in [6, 6.07) is 14.3. The fraction of sp³-hybridized carbons (Fsp3) is 0.222. The highest BCUT2D eigenvalue weighted by molar-refractivity contribution is 9.10. The van der Waals surface area contributed by atoms with E-state index in [1.54, 1.807) is 11.0 Å². The molecule has 0 saturated carbocycles. The molecular formula is C18H16BrClN2O2. The molecule has 2 aromatic carbocycles. The van der Waals surface area contributed by atoms with Crippen molar-refractivity contribution in [3.05, 3.63) is 63.6 Å². The summed E-state index contributed by atoms with van der Waals surface area (Å²) < 4.78 is 0.806. The highest BCUT2D eigenvalue weighted by atomic mass is 79.9. The smallest absolute Gasteiger partial charge is 0.247 e. The van der Waals surface area contributed by atoms with Gasteiger partial charge in [-0.05, 0) is 46.1 Å². The molecule has 124 valence electrons. The lowest BCUT2D eigenvalue weighted by molar-refractivity contribution is -0.133. The Kier molecular flexibility index (Phi) is 5.21. The number of halogens is 2. The second-order valence-electron chi connectivity index (χ2n) is 5.64. The van der Waals surface area contributed by atoms with Crippen LogP contribution in [0.4, 0.5) is 5.69 Å². The van der Waals surface area contributed by atoms with E-state index in [-0.39, 0.29) is 11.8 Å². The number of para-hydroxylation sites is 1. The van der Waals surface area contributed by atoms with Crippen molar-refractivity contribution in [1.29, 1.82) is 0 Å². The molecule has 0 radical (unpaired) electrons. The Balaban J connectivity index is 1.76. The zero-order valence-electron chi connectivity index (χ0n) is 12.8. The van der Waals surface area contributed by atoms with Crippen LogP contribution in [-0.4, -0.2) is 22.8 Å². The molecule has 1 atom stereocenters. The van der Waals surface area contributed by atoms with Gasteiger partial charge in [0.15, 0.2) is 0 Å². The lowest BCUT2D eigenvalue weighted by Crippen LogP contribution is -2.41. The minimum absolute atomic E-state index is 0.0257. The number of nitrogens with one attached hydrogen (secondary N) is 1. The highest BCUT2D eigenvalue weighted by Crippen LogP contribution is 2.27. The Hall–Kier alpha value is -1.85. The zero-order chi connectivity index (χ0) is 17.1. The monoisotopic (exact) mass is 406 g/mol. The predicted molar refractivity (Wildman–Crippen MR) is 97.8 cm³/mol. The van der Waals surface area contributed by atoms with Crippen LogP contribution in [0.3, 0.4) is 0 Å². The number of anilines is 1. The molecule has 1 aliphatic heterocycles. The lowest BCUT2D eigenvalue weighted by Gasteiger charge is -2.24. The van der Waals surface area contributed by atoms with Crippen LogP contribution in [0.25, 0.3) is 0 Å². The summed E-state index contributed by atoms with van der Waals surface area (Å²) in [4.78, 5) is 26.5. The van der Waals surface area contributed by atoms with Gasteiger partial charge in [-0.1, -0.05) is 41.9 Å². The molecule has 2 aromatic rings. The summed E-state index contributed by atoms with van der Waals surface area (Å²) in [7, 11) is 0. The number of likely N-dealkylation sites (tertiary alicyclic amines) is 1. The molecule has 4 nitrogen and oxygen atoms in total. The molecule has 0 aromatic heterocycles. The van der Waals surface area contributed by atoms with E-state index in [2.05, 4.69) is 21.2 Å². The Labute approximate surface area is 153 Å². The van der Waals surface area contributed by atoms with Crippen LogP contribution in [0, 0.1) is 0 Å². The van der Waals surface area contributed by atoms with Gasteiger partial charge in [0.2, 0.25) is 11.8 Å². The van der Waals surface area contributed by atoms with Crippen LogP contribution in [0.5, 0.6) is 0 Å². The summed E-state index contributed by atoms with van der Waals surface area (Å²) in [6.45, 7) is 0.340. The van der Waals surface area contributed by atoms with Crippen molar-refractivity contribution in [2.24, 2.45) is 0 Å². The van der Waals surface area contributed by atoms with Crippen LogP contribution < -0.4 is 5.32 Å². The summed E-state index contributed by atoms with van der Waals surface area (Å²) in [5.74, 6) is -0.206. The number of rotatable bonds is 4. The van der Waals surface area contributed by atoms with Gasteiger partial charge in [-0.2, -0.15) is 0 Å². The van der Waals surface area contributed by atoms with Gasteiger partial charge in [-0.3, -0.25) is 9.59 Å². The number of benzene rings is 2. The number of hydrogen-bond donors (Lipinski definition) is 1. The predicted octanol–water partition coefficient (Wildman–Crippen LogP) is 4.23. The normalized spacial score (nSPS) is 17.2. The first kappa shape index (κ1) is 17.0. The zero-order valence-corrected chi connectivity index (χ0v) is 15.2. The van der Waals surface area contributed by atoms with Gasteiger partial charge < -0.3 is 10.2 Å². The molecule has 24 heavy (non-hydrogen) atoms. The number of amides is 2. The standard InChI is InChI=1S/C18H16BrClN2O2/c19-13-6-2-4-8-15(13)21-18(24)16-9-10-17(23)22(16)11-12-5-1-3-7-14(12)20/h1-8,16H,9-11H2,(H,21,24)/t16-/m1/s1. The van der Waals surface area contributed by atoms with E-state index in [4.69, 9.17) is 11.6 Å². The van der Waals surface area contributed by atoms with Gasteiger partial charge in [-0.15, -0.1) is 0 Å². The summed E-state index contributed by atoms with van der Waals surface area (Å²) in [5, 5.41) is 3.49. The first-order valence-electron chi connectivity index (χ1n) is 7.64. The number of carbonyl (C=O) groups excluding carboxylic acids is 2. The number of nitrogens with zero attached hydrogens (tertiary/aromatic N) is 1. The fourth-order valence-electron chi connectivity index (χ4n) is 2.79. The molecule has 2 amide bonds. The molecule has 0 spiro atoms. The van der Waals surface area contributed by atoms with Crippen molar-refractivity contribution in [3.8, 4) is 0 Å². The molecule has 1 aliphatic rings. The maximum Gasteiger partial charge on any atom is 0.247 e. The van der Waals surface area contributed by atoms with E-state index in [0.717, 1.165) is 10.0 Å². The first-order chi connectivity index (χ1) is 11.6. The van der Waals surface area contributed by atoms with Crippen LogP contribution >= 0.6 is 27.5 Å². The van der Waals surface area contributed by atoms with Gasteiger partial charge in [-0.25, -0.2) is 0 Å². The minimum atomic E-state index is -0.485. The van der Waals surface area contributed by atoms with Gasteiger partial charge in [0.25, 0.3) is 0 Å². The molecule has 1 saturated heterocycles. The SMILES string of the molecule is O=C(Nc1ccccc1Br)[C@H]1CCC(=O)N1Cc1ccccc1Cl. The Bertz CT molecular complexity index is 781. The molecule has 1 heterocycles. The fourth-order valence-corrected chi connectivity index (χ4v) is 3.37. The lowest BCUT2D eigenvalue weighted by atomic mass is 10.1. The topological polar surface area (TPSA) is 49.4 Å². The molecule has 3 rings (SSSR count).